The number of hydrogen-bond acceptors (Lipinski definition) is 4. The number of hydrogen-bond donors (Lipinski definition) is 2. The molecule has 1 unspecified atom stereocenters. The van der Waals surface area contributed by atoms with E-state index in [-0.39, 0.29) is 12.3 Å². The molecule has 124 valence electrons. The highest BCUT2D eigenvalue weighted by Crippen LogP contribution is 2.17. The van der Waals surface area contributed by atoms with E-state index >= 15 is 0 Å². The van der Waals surface area contributed by atoms with Crippen LogP contribution in [-0.4, -0.2) is 22.7 Å². The number of aliphatic hydroxyl groups excluding tert-OH is 1. The molecular weight excluding hydrogens is 299 g/mol. The summed E-state index contributed by atoms with van der Waals surface area (Å²) in [6, 6.07) is 5.63. The second-order valence-corrected chi connectivity index (χ2v) is 5.53. The van der Waals surface area contributed by atoms with Gasteiger partial charge in [0.1, 0.15) is 11.6 Å². The largest absolute Gasteiger partial charge is 0.388 e. The molecule has 1 heterocycles. The summed E-state index contributed by atoms with van der Waals surface area (Å²) in [4.78, 5) is 11.8. The fraction of sp³-hybridized carbons (Fsp3) is 0.412. The van der Waals surface area contributed by atoms with E-state index in [1.165, 1.54) is 18.2 Å². The van der Waals surface area contributed by atoms with E-state index in [2.05, 4.69) is 10.5 Å². The summed E-state index contributed by atoms with van der Waals surface area (Å²) in [6.07, 6.45) is 0.432. The Kier molecular flexibility index (Phi) is 5.87. The van der Waals surface area contributed by atoms with Crippen LogP contribution in [0.1, 0.15) is 41.5 Å². The molecule has 1 amide bonds. The molecule has 0 aliphatic rings. The number of aliphatic hydroxyl groups is 1. The van der Waals surface area contributed by atoms with Crippen molar-refractivity contribution < 1.29 is 18.8 Å². The Hall–Kier alpha value is -2.21. The van der Waals surface area contributed by atoms with Crippen molar-refractivity contribution in [3.8, 4) is 0 Å². The Morgan fingerprint density at radius 3 is 2.87 bits per heavy atom. The Labute approximate surface area is 134 Å². The third-order valence-corrected chi connectivity index (χ3v) is 3.72. The lowest BCUT2D eigenvalue weighted by atomic mass is 10.1. The topological polar surface area (TPSA) is 75.4 Å². The minimum absolute atomic E-state index is 0.0885. The number of nitrogens with one attached hydrogen (secondary N) is 1. The minimum Gasteiger partial charge on any atom is -0.388 e. The van der Waals surface area contributed by atoms with E-state index in [0.29, 0.717) is 12.1 Å². The van der Waals surface area contributed by atoms with Gasteiger partial charge in [-0.05, 0) is 44.4 Å². The zero-order valence-electron chi connectivity index (χ0n) is 13.3. The highest BCUT2D eigenvalue weighted by atomic mass is 19.1. The highest BCUT2D eigenvalue weighted by molar-refractivity contribution is 5.76. The van der Waals surface area contributed by atoms with Gasteiger partial charge >= 0.3 is 0 Å². The second-order valence-electron chi connectivity index (χ2n) is 5.53. The molecule has 1 atom stereocenters. The first-order valence-corrected chi connectivity index (χ1v) is 7.59. The van der Waals surface area contributed by atoms with E-state index in [1.807, 2.05) is 13.8 Å². The van der Waals surface area contributed by atoms with Crippen molar-refractivity contribution in [3.05, 3.63) is 52.7 Å². The summed E-state index contributed by atoms with van der Waals surface area (Å²) < 4.78 is 18.2. The van der Waals surface area contributed by atoms with Crippen molar-refractivity contribution in [2.24, 2.45) is 0 Å². The lowest BCUT2D eigenvalue weighted by Gasteiger charge is -2.11. The fourth-order valence-corrected chi connectivity index (χ4v) is 2.43. The van der Waals surface area contributed by atoms with Crippen LogP contribution in [0.15, 0.2) is 28.8 Å². The van der Waals surface area contributed by atoms with Gasteiger partial charge < -0.3 is 14.9 Å². The predicted molar refractivity (Wildman–Crippen MR) is 83.3 cm³/mol. The number of carbonyl (C=O) groups is 1. The lowest BCUT2D eigenvalue weighted by molar-refractivity contribution is -0.123. The molecular formula is C17H21FN2O3. The normalized spacial score (nSPS) is 12.2. The Bertz CT molecular complexity index is 650. The van der Waals surface area contributed by atoms with Gasteiger partial charge in [-0.15, -0.1) is 0 Å². The first-order valence-electron chi connectivity index (χ1n) is 7.59. The van der Waals surface area contributed by atoms with Gasteiger partial charge in [-0.2, -0.15) is 0 Å². The van der Waals surface area contributed by atoms with Gasteiger partial charge in [0.05, 0.1) is 18.2 Å². The predicted octanol–water partition coefficient (Wildman–Crippen LogP) is 2.60. The molecule has 0 aliphatic carbocycles. The molecule has 1 aromatic heterocycles. The van der Waals surface area contributed by atoms with Crippen LogP contribution >= 0.6 is 0 Å². The number of carbonyl (C=O) groups excluding carboxylic acids is 1. The van der Waals surface area contributed by atoms with Crippen molar-refractivity contribution in [1.82, 2.24) is 10.5 Å². The molecule has 0 saturated carbocycles. The first kappa shape index (κ1) is 17.1. The number of halogens is 1. The molecule has 0 aliphatic heterocycles. The zero-order chi connectivity index (χ0) is 16.8. The van der Waals surface area contributed by atoms with Crippen LogP contribution in [0.4, 0.5) is 4.39 Å². The molecule has 23 heavy (non-hydrogen) atoms. The molecule has 0 fully saturated rings. The van der Waals surface area contributed by atoms with Crippen molar-refractivity contribution in [2.45, 2.75) is 39.2 Å². The van der Waals surface area contributed by atoms with Crippen LogP contribution in [0.5, 0.6) is 0 Å². The molecule has 6 heteroatoms. The number of nitrogens with zero attached hydrogens (tertiary/aromatic N) is 1. The molecule has 0 bridgehead atoms. The van der Waals surface area contributed by atoms with Crippen LogP contribution in [0.25, 0.3) is 0 Å². The molecule has 0 radical (unpaired) electrons. The van der Waals surface area contributed by atoms with Gasteiger partial charge in [0.2, 0.25) is 5.91 Å². The van der Waals surface area contributed by atoms with Crippen molar-refractivity contribution in [2.75, 3.05) is 6.54 Å². The monoisotopic (exact) mass is 320 g/mol. The summed E-state index contributed by atoms with van der Waals surface area (Å²) in [5.41, 5.74) is 2.34. The van der Waals surface area contributed by atoms with E-state index in [0.717, 1.165) is 29.9 Å². The van der Waals surface area contributed by atoms with Gasteiger partial charge in [-0.3, -0.25) is 4.79 Å². The maximum absolute atomic E-state index is 13.1. The Morgan fingerprint density at radius 1 is 1.43 bits per heavy atom. The standard InChI is InChI=1S/C17H21FN2O3/c1-11-15(12(2)23-20-11)7-4-8-19-17(22)10-16(21)13-5-3-6-14(18)9-13/h3,5-6,9,16,21H,4,7-8,10H2,1-2H3,(H,19,22). The van der Waals surface area contributed by atoms with E-state index in [4.69, 9.17) is 4.52 Å². The summed E-state index contributed by atoms with van der Waals surface area (Å²) in [7, 11) is 0. The van der Waals surface area contributed by atoms with E-state index in [9.17, 15) is 14.3 Å². The van der Waals surface area contributed by atoms with Crippen LogP contribution in [0.3, 0.4) is 0 Å². The molecule has 2 aromatic rings. The van der Waals surface area contributed by atoms with Gasteiger partial charge in [0, 0.05) is 12.1 Å². The molecule has 5 nitrogen and oxygen atoms in total. The molecule has 1 aromatic carbocycles. The van der Waals surface area contributed by atoms with Gasteiger partial charge in [-0.25, -0.2) is 4.39 Å². The smallest absolute Gasteiger partial charge is 0.222 e. The zero-order valence-corrected chi connectivity index (χ0v) is 13.3. The fourth-order valence-electron chi connectivity index (χ4n) is 2.43. The molecule has 2 rings (SSSR count). The van der Waals surface area contributed by atoms with Gasteiger partial charge in [0.15, 0.2) is 0 Å². The Morgan fingerprint density at radius 2 is 2.22 bits per heavy atom. The van der Waals surface area contributed by atoms with E-state index < -0.39 is 11.9 Å². The minimum atomic E-state index is -1.01. The first-order chi connectivity index (χ1) is 11.0. The van der Waals surface area contributed by atoms with Crippen molar-refractivity contribution in [3.63, 3.8) is 0 Å². The van der Waals surface area contributed by atoms with Crippen molar-refractivity contribution >= 4 is 5.91 Å². The maximum Gasteiger partial charge on any atom is 0.222 e. The van der Waals surface area contributed by atoms with Crippen LogP contribution in [0.2, 0.25) is 0 Å². The average Bonchev–Trinajstić information content (AvgIpc) is 2.83. The van der Waals surface area contributed by atoms with Crippen molar-refractivity contribution in [1.29, 1.82) is 0 Å². The number of aromatic nitrogens is 1. The number of aryl methyl sites for hydroxylation is 2. The molecule has 2 N–H and O–H groups in total. The summed E-state index contributed by atoms with van der Waals surface area (Å²) in [5, 5.41) is 16.6. The second kappa shape index (κ2) is 7.87. The van der Waals surface area contributed by atoms with Crippen LogP contribution in [-0.2, 0) is 11.2 Å². The summed E-state index contributed by atoms with van der Waals surface area (Å²) >= 11 is 0. The maximum atomic E-state index is 13.1. The number of amides is 1. The van der Waals surface area contributed by atoms with Crippen LogP contribution in [0, 0.1) is 19.7 Å². The quantitative estimate of drug-likeness (QED) is 0.769. The third-order valence-electron chi connectivity index (χ3n) is 3.72. The third kappa shape index (κ3) is 4.89. The van der Waals surface area contributed by atoms with Gasteiger partial charge in [-0.1, -0.05) is 17.3 Å². The van der Waals surface area contributed by atoms with Crippen LogP contribution < -0.4 is 5.32 Å². The SMILES string of the molecule is Cc1noc(C)c1CCCNC(=O)CC(O)c1cccc(F)c1. The molecule has 0 spiro atoms. The van der Waals surface area contributed by atoms with Gasteiger partial charge in [0.25, 0.3) is 0 Å². The summed E-state index contributed by atoms with van der Waals surface area (Å²) in [5.74, 6) is 0.109. The Balaban J connectivity index is 1.73. The number of rotatable bonds is 7. The summed E-state index contributed by atoms with van der Waals surface area (Å²) in [6.45, 7) is 4.25. The average molecular weight is 320 g/mol. The highest BCUT2D eigenvalue weighted by Gasteiger charge is 2.13. The number of benzene rings is 1. The van der Waals surface area contributed by atoms with E-state index in [1.54, 1.807) is 6.07 Å². The molecule has 0 saturated heterocycles. The lowest BCUT2D eigenvalue weighted by Crippen LogP contribution is -2.26.